The summed E-state index contributed by atoms with van der Waals surface area (Å²) in [6.07, 6.45) is 5.75. The van der Waals surface area contributed by atoms with Crippen LogP contribution in [0.4, 0.5) is 11.5 Å². The van der Waals surface area contributed by atoms with Crippen molar-refractivity contribution in [3.8, 4) is 17.0 Å². The summed E-state index contributed by atoms with van der Waals surface area (Å²) in [6.45, 7) is 0.506. The lowest BCUT2D eigenvalue weighted by atomic mass is 10.0. The van der Waals surface area contributed by atoms with Crippen molar-refractivity contribution in [2.24, 2.45) is 5.92 Å². The molecule has 0 aliphatic heterocycles. The van der Waals surface area contributed by atoms with Gasteiger partial charge in [-0.2, -0.15) is 9.61 Å². The molecule has 0 atom stereocenters. The molecule has 1 saturated carbocycles. The second-order valence-electron chi connectivity index (χ2n) is 8.40. The number of para-hydroxylation sites is 1. The lowest BCUT2D eigenvalue weighted by Crippen LogP contribution is -2.20. The Bertz CT molecular complexity index is 1310. The molecule has 33 heavy (non-hydrogen) atoms. The molecule has 7 nitrogen and oxygen atoms in total. The molecular weight excluding hydrogens is 413 g/mol. The van der Waals surface area contributed by atoms with E-state index in [4.69, 9.17) is 7.85 Å². The molecule has 2 aromatic carbocycles. The number of anilines is 2. The minimum absolute atomic E-state index is 0.104. The van der Waals surface area contributed by atoms with Gasteiger partial charge in [0.25, 0.3) is 0 Å². The number of fused-ring (bicyclic) bond motifs is 1. The molecule has 1 amide bonds. The Balaban J connectivity index is 1.38. The van der Waals surface area contributed by atoms with E-state index in [1.807, 2.05) is 36.4 Å². The third-order valence-corrected chi connectivity index (χ3v) is 6.07. The van der Waals surface area contributed by atoms with Crippen LogP contribution in [-0.4, -0.2) is 33.5 Å². The number of nitrogens with one attached hydrogen (secondary N) is 2. The zero-order valence-electron chi connectivity index (χ0n) is 18.2. The van der Waals surface area contributed by atoms with Gasteiger partial charge in [0.05, 0.1) is 5.69 Å². The highest BCUT2D eigenvalue weighted by molar-refractivity contribution is 6.36. The van der Waals surface area contributed by atoms with Crippen LogP contribution in [0, 0.1) is 5.92 Å². The second-order valence-corrected chi connectivity index (χ2v) is 8.40. The minimum Gasteiger partial charge on any atom is -0.507 e. The Morgan fingerprint density at radius 1 is 1.12 bits per heavy atom. The van der Waals surface area contributed by atoms with Crippen molar-refractivity contribution >= 4 is 36.4 Å². The molecule has 0 unspecified atom stereocenters. The van der Waals surface area contributed by atoms with Crippen LogP contribution in [0.15, 0.2) is 60.8 Å². The first-order valence-corrected chi connectivity index (χ1v) is 11.1. The van der Waals surface area contributed by atoms with Gasteiger partial charge in [0, 0.05) is 36.0 Å². The fraction of sp³-hybridized carbons (Fsp3) is 0.240. The van der Waals surface area contributed by atoms with Gasteiger partial charge >= 0.3 is 0 Å². The fourth-order valence-electron chi connectivity index (χ4n) is 4.32. The van der Waals surface area contributed by atoms with Crippen molar-refractivity contribution in [2.75, 3.05) is 10.6 Å². The van der Waals surface area contributed by atoms with E-state index in [1.165, 1.54) is 0 Å². The molecule has 2 heterocycles. The van der Waals surface area contributed by atoms with Gasteiger partial charge in [-0.25, -0.2) is 4.98 Å². The maximum absolute atomic E-state index is 12.5. The minimum atomic E-state index is 0.104. The number of hydrogen-bond acceptors (Lipinski definition) is 5. The number of benzene rings is 2. The highest BCUT2D eigenvalue weighted by atomic mass is 16.3. The van der Waals surface area contributed by atoms with Gasteiger partial charge in [-0.1, -0.05) is 37.1 Å². The molecule has 0 spiro atoms. The number of amides is 1. The van der Waals surface area contributed by atoms with E-state index < -0.39 is 0 Å². The van der Waals surface area contributed by atoms with Crippen LogP contribution in [0.5, 0.6) is 5.75 Å². The van der Waals surface area contributed by atoms with Crippen molar-refractivity contribution in [1.29, 1.82) is 0 Å². The van der Waals surface area contributed by atoms with Crippen molar-refractivity contribution in [3.63, 3.8) is 0 Å². The molecule has 164 valence electrons. The molecule has 8 heteroatoms. The summed E-state index contributed by atoms with van der Waals surface area (Å²) >= 11 is 0. The van der Waals surface area contributed by atoms with Crippen LogP contribution in [0.2, 0.25) is 0 Å². The number of aromatic hydroxyl groups is 1. The largest absolute Gasteiger partial charge is 0.507 e. The summed E-state index contributed by atoms with van der Waals surface area (Å²) in [4.78, 5) is 17.1. The highest BCUT2D eigenvalue weighted by Gasteiger charge is 2.22. The van der Waals surface area contributed by atoms with Crippen LogP contribution < -0.4 is 16.1 Å². The third kappa shape index (κ3) is 4.42. The van der Waals surface area contributed by atoms with Crippen LogP contribution in [0.25, 0.3) is 16.9 Å². The van der Waals surface area contributed by atoms with E-state index in [1.54, 1.807) is 28.9 Å². The predicted octanol–water partition coefficient (Wildman–Crippen LogP) is 3.64. The first-order chi connectivity index (χ1) is 16.1. The van der Waals surface area contributed by atoms with Gasteiger partial charge in [-0.15, -0.1) is 0 Å². The normalized spacial score (nSPS) is 13.9. The van der Waals surface area contributed by atoms with Crippen LogP contribution in [0.1, 0.15) is 31.2 Å². The summed E-state index contributed by atoms with van der Waals surface area (Å²) in [7, 11) is 6.08. The highest BCUT2D eigenvalue weighted by Crippen LogP contribution is 2.29. The predicted molar refractivity (Wildman–Crippen MR) is 130 cm³/mol. The Hall–Kier alpha value is -3.81. The van der Waals surface area contributed by atoms with Gasteiger partial charge in [0.15, 0.2) is 5.65 Å². The molecule has 1 aliphatic rings. The molecule has 0 saturated heterocycles. The summed E-state index contributed by atoms with van der Waals surface area (Å²) in [6, 6.07) is 16.7. The van der Waals surface area contributed by atoms with Crippen molar-refractivity contribution < 1.29 is 9.90 Å². The Morgan fingerprint density at radius 2 is 1.94 bits per heavy atom. The standard InChI is InChI=1S/C25H24BN5O2/c26-20-15-28-31-23(13-21(30-24(20)31)19-10-3-4-11-22(19)32)27-14-16-6-5-9-18(12-16)29-25(33)17-7-1-2-8-17/h3-6,9-13,15,17,27,32H,1-2,7-8,14H2,(H,29,33). The average molecular weight is 437 g/mol. The first kappa shape index (κ1) is 21.1. The average Bonchev–Trinajstić information content (AvgIpc) is 3.49. The zero-order chi connectivity index (χ0) is 22.8. The molecule has 4 aromatic rings. The Kier molecular flexibility index (Phi) is 5.73. The maximum atomic E-state index is 12.5. The van der Waals surface area contributed by atoms with E-state index >= 15 is 0 Å². The number of phenolic OH excluding ortho intramolecular Hbond substituents is 1. The Labute approximate surface area is 193 Å². The fourth-order valence-corrected chi connectivity index (χ4v) is 4.32. The maximum Gasteiger partial charge on any atom is 0.227 e. The van der Waals surface area contributed by atoms with Gasteiger partial charge < -0.3 is 15.7 Å². The molecule has 1 aliphatic carbocycles. The van der Waals surface area contributed by atoms with Crippen molar-refractivity contribution in [1.82, 2.24) is 14.6 Å². The number of nitrogens with zero attached hydrogens (tertiary/aromatic N) is 3. The first-order valence-electron chi connectivity index (χ1n) is 11.1. The summed E-state index contributed by atoms with van der Waals surface area (Å²) in [5.74, 6) is 1.06. The van der Waals surface area contributed by atoms with Crippen LogP contribution >= 0.6 is 0 Å². The van der Waals surface area contributed by atoms with Gasteiger partial charge in [0.2, 0.25) is 5.91 Å². The summed E-state index contributed by atoms with van der Waals surface area (Å²) in [5, 5.41) is 21.1. The molecule has 0 bridgehead atoms. The lowest BCUT2D eigenvalue weighted by Gasteiger charge is -2.13. The number of rotatable bonds is 6. The second kappa shape index (κ2) is 8.98. The molecule has 5 rings (SSSR count). The van der Waals surface area contributed by atoms with E-state index in [0.717, 1.165) is 36.9 Å². The molecular formula is C25H24BN5O2. The lowest BCUT2D eigenvalue weighted by molar-refractivity contribution is -0.119. The van der Waals surface area contributed by atoms with E-state index in [9.17, 15) is 9.90 Å². The summed E-state index contributed by atoms with van der Waals surface area (Å²) in [5.41, 5.74) is 3.97. The smallest absolute Gasteiger partial charge is 0.227 e. The molecule has 3 N–H and O–H groups in total. The van der Waals surface area contributed by atoms with Gasteiger partial charge in [-0.05, 0) is 48.1 Å². The molecule has 2 radical (unpaired) electrons. The van der Waals surface area contributed by atoms with Gasteiger partial charge in [-0.3, -0.25) is 4.79 Å². The number of phenols is 1. The number of carbonyl (C=O) groups is 1. The number of hydrogen-bond donors (Lipinski definition) is 3. The van der Waals surface area contributed by atoms with Crippen LogP contribution in [-0.2, 0) is 11.3 Å². The zero-order valence-corrected chi connectivity index (χ0v) is 18.2. The van der Waals surface area contributed by atoms with E-state index in [2.05, 4.69) is 20.7 Å². The molecule has 1 fully saturated rings. The van der Waals surface area contributed by atoms with Gasteiger partial charge in [0.1, 0.15) is 19.4 Å². The monoisotopic (exact) mass is 437 g/mol. The quantitative estimate of drug-likeness (QED) is 0.401. The van der Waals surface area contributed by atoms with Crippen molar-refractivity contribution in [2.45, 2.75) is 32.2 Å². The Morgan fingerprint density at radius 3 is 2.76 bits per heavy atom. The number of aromatic nitrogens is 3. The molecule has 2 aromatic heterocycles. The van der Waals surface area contributed by atoms with Crippen LogP contribution in [0.3, 0.4) is 0 Å². The topological polar surface area (TPSA) is 91.5 Å². The SMILES string of the molecule is [B]c1cnn2c(NCc3cccc(NC(=O)C4CCCC4)c3)cc(-c3ccccc3O)nc12. The van der Waals surface area contributed by atoms with E-state index in [0.29, 0.717) is 34.7 Å². The van der Waals surface area contributed by atoms with E-state index in [-0.39, 0.29) is 17.6 Å². The third-order valence-electron chi connectivity index (χ3n) is 6.07. The number of carbonyl (C=O) groups excluding carboxylic acids is 1. The summed E-state index contributed by atoms with van der Waals surface area (Å²) < 4.78 is 1.64. The van der Waals surface area contributed by atoms with Crippen molar-refractivity contribution in [3.05, 3.63) is 66.4 Å².